The fraction of sp³-hybridized carbons (Fsp3) is 0.0769. The Morgan fingerprint density at radius 1 is 1.42 bits per heavy atom. The fourth-order valence-corrected chi connectivity index (χ4v) is 1.64. The minimum absolute atomic E-state index is 0.0328. The molecule has 0 unspecified atom stereocenters. The molecule has 0 bridgehead atoms. The van der Waals surface area contributed by atoms with E-state index < -0.39 is 11.8 Å². The van der Waals surface area contributed by atoms with E-state index in [1.165, 1.54) is 12.4 Å². The van der Waals surface area contributed by atoms with Gasteiger partial charge in [-0.05, 0) is 18.2 Å². The number of aromatic carboxylic acids is 1. The first-order valence-corrected chi connectivity index (χ1v) is 5.70. The first kappa shape index (κ1) is 13.3. The zero-order valence-corrected chi connectivity index (χ0v) is 10.4. The SMILES string of the molecule is O=C(O)c1ccc(F)cc1OCc1ccncc1Cl. The van der Waals surface area contributed by atoms with Crippen molar-refractivity contribution in [2.24, 2.45) is 0 Å². The van der Waals surface area contributed by atoms with Gasteiger partial charge in [-0.25, -0.2) is 9.18 Å². The first-order valence-electron chi connectivity index (χ1n) is 5.32. The van der Waals surface area contributed by atoms with E-state index in [0.29, 0.717) is 10.6 Å². The monoisotopic (exact) mass is 281 g/mol. The summed E-state index contributed by atoms with van der Waals surface area (Å²) in [4.78, 5) is 14.8. The van der Waals surface area contributed by atoms with Gasteiger partial charge in [-0.15, -0.1) is 0 Å². The second-order valence-electron chi connectivity index (χ2n) is 3.70. The predicted octanol–water partition coefficient (Wildman–Crippen LogP) is 3.15. The van der Waals surface area contributed by atoms with Crippen molar-refractivity contribution >= 4 is 17.6 Å². The molecule has 4 nitrogen and oxygen atoms in total. The van der Waals surface area contributed by atoms with Gasteiger partial charge in [-0.3, -0.25) is 4.98 Å². The van der Waals surface area contributed by atoms with Gasteiger partial charge in [0.1, 0.15) is 23.7 Å². The second kappa shape index (κ2) is 5.67. The summed E-state index contributed by atoms with van der Waals surface area (Å²) >= 11 is 5.89. The maximum atomic E-state index is 13.1. The van der Waals surface area contributed by atoms with Crippen LogP contribution in [0.15, 0.2) is 36.7 Å². The molecule has 0 spiro atoms. The number of carbonyl (C=O) groups is 1. The number of nitrogens with zero attached hydrogens (tertiary/aromatic N) is 1. The van der Waals surface area contributed by atoms with E-state index in [0.717, 1.165) is 18.2 Å². The van der Waals surface area contributed by atoms with Crippen molar-refractivity contribution in [2.75, 3.05) is 0 Å². The van der Waals surface area contributed by atoms with Crippen LogP contribution >= 0.6 is 11.6 Å². The molecule has 0 aliphatic carbocycles. The Morgan fingerprint density at radius 3 is 2.89 bits per heavy atom. The van der Waals surface area contributed by atoms with Crippen LogP contribution in [-0.4, -0.2) is 16.1 Å². The zero-order valence-electron chi connectivity index (χ0n) is 9.64. The van der Waals surface area contributed by atoms with Gasteiger partial charge in [0.15, 0.2) is 0 Å². The lowest BCUT2D eigenvalue weighted by Gasteiger charge is -2.10. The third kappa shape index (κ3) is 3.20. The molecule has 1 aromatic heterocycles. The van der Waals surface area contributed by atoms with Gasteiger partial charge in [0.2, 0.25) is 0 Å². The van der Waals surface area contributed by atoms with E-state index in [-0.39, 0.29) is 17.9 Å². The van der Waals surface area contributed by atoms with Crippen molar-refractivity contribution in [3.63, 3.8) is 0 Å². The molecule has 0 aliphatic rings. The molecular weight excluding hydrogens is 273 g/mol. The standard InChI is InChI=1S/C13H9ClFNO3/c14-11-6-16-4-3-8(11)7-19-12-5-9(15)1-2-10(12)13(17)18/h1-6H,7H2,(H,17,18). The molecule has 1 heterocycles. The van der Waals surface area contributed by atoms with Crippen LogP contribution in [0.4, 0.5) is 4.39 Å². The van der Waals surface area contributed by atoms with Gasteiger partial charge in [0, 0.05) is 24.0 Å². The van der Waals surface area contributed by atoms with Crippen LogP contribution in [0.25, 0.3) is 0 Å². The highest BCUT2D eigenvalue weighted by molar-refractivity contribution is 6.31. The topological polar surface area (TPSA) is 59.4 Å². The van der Waals surface area contributed by atoms with Crippen molar-refractivity contribution < 1.29 is 19.0 Å². The summed E-state index contributed by atoms with van der Waals surface area (Å²) in [6.07, 6.45) is 2.98. The first-order chi connectivity index (χ1) is 9.08. The largest absolute Gasteiger partial charge is 0.488 e. The lowest BCUT2D eigenvalue weighted by molar-refractivity contribution is 0.0691. The summed E-state index contributed by atoms with van der Waals surface area (Å²) < 4.78 is 18.4. The number of hydrogen-bond acceptors (Lipinski definition) is 3. The van der Waals surface area contributed by atoms with Crippen LogP contribution in [0.1, 0.15) is 15.9 Å². The minimum atomic E-state index is -1.18. The Bertz CT molecular complexity index is 619. The molecule has 1 aromatic carbocycles. The van der Waals surface area contributed by atoms with E-state index in [2.05, 4.69) is 4.98 Å². The summed E-state index contributed by atoms with van der Waals surface area (Å²) in [7, 11) is 0. The highest BCUT2D eigenvalue weighted by Gasteiger charge is 2.13. The lowest BCUT2D eigenvalue weighted by Crippen LogP contribution is -2.04. The van der Waals surface area contributed by atoms with Gasteiger partial charge >= 0.3 is 5.97 Å². The molecule has 0 aliphatic heterocycles. The number of rotatable bonds is 4. The zero-order chi connectivity index (χ0) is 13.8. The summed E-state index contributed by atoms with van der Waals surface area (Å²) in [5, 5.41) is 9.37. The van der Waals surface area contributed by atoms with Crippen LogP contribution in [0.2, 0.25) is 5.02 Å². The normalized spacial score (nSPS) is 10.2. The quantitative estimate of drug-likeness (QED) is 0.935. The van der Waals surface area contributed by atoms with Crippen molar-refractivity contribution in [1.82, 2.24) is 4.98 Å². The highest BCUT2D eigenvalue weighted by atomic mass is 35.5. The van der Waals surface area contributed by atoms with Crippen LogP contribution < -0.4 is 4.74 Å². The number of hydrogen-bond donors (Lipinski definition) is 1. The average Bonchev–Trinajstić information content (AvgIpc) is 2.37. The number of ether oxygens (including phenoxy) is 1. The van der Waals surface area contributed by atoms with Crippen molar-refractivity contribution in [3.05, 3.63) is 58.6 Å². The number of carboxylic acids is 1. The van der Waals surface area contributed by atoms with Gasteiger partial charge in [0.25, 0.3) is 0 Å². The molecule has 0 atom stereocenters. The van der Waals surface area contributed by atoms with Crippen LogP contribution in [0.3, 0.4) is 0 Å². The van der Waals surface area contributed by atoms with Gasteiger partial charge in [-0.1, -0.05) is 11.6 Å². The van der Waals surface area contributed by atoms with Crippen molar-refractivity contribution in [2.45, 2.75) is 6.61 Å². The smallest absolute Gasteiger partial charge is 0.339 e. The molecule has 0 saturated carbocycles. The number of pyridine rings is 1. The summed E-state index contributed by atoms with van der Waals surface area (Å²) in [5.41, 5.74) is 0.531. The van der Waals surface area contributed by atoms with Crippen LogP contribution in [0.5, 0.6) is 5.75 Å². The summed E-state index contributed by atoms with van der Waals surface area (Å²) in [5.74, 6) is -1.79. The Hall–Kier alpha value is -2.14. The molecule has 2 rings (SSSR count). The van der Waals surface area contributed by atoms with Gasteiger partial charge in [-0.2, -0.15) is 0 Å². The van der Waals surface area contributed by atoms with E-state index in [1.807, 2.05) is 0 Å². The lowest BCUT2D eigenvalue weighted by atomic mass is 10.2. The maximum absolute atomic E-state index is 13.1. The minimum Gasteiger partial charge on any atom is -0.488 e. The molecule has 6 heteroatoms. The van der Waals surface area contributed by atoms with Crippen molar-refractivity contribution in [1.29, 1.82) is 0 Å². The fourth-order valence-electron chi connectivity index (χ4n) is 1.47. The van der Waals surface area contributed by atoms with Crippen LogP contribution in [0, 0.1) is 5.82 Å². The highest BCUT2D eigenvalue weighted by Crippen LogP contribution is 2.22. The molecule has 0 fully saturated rings. The predicted molar refractivity (Wildman–Crippen MR) is 66.9 cm³/mol. The maximum Gasteiger partial charge on any atom is 0.339 e. The molecule has 2 aromatic rings. The van der Waals surface area contributed by atoms with Crippen molar-refractivity contribution in [3.8, 4) is 5.75 Å². The Labute approximate surface area is 113 Å². The van der Waals surface area contributed by atoms with E-state index in [9.17, 15) is 9.18 Å². The third-order valence-corrected chi connectivity index (χ3v) is 2.75. The molecule has 98 valence electrons. The second-order valence-corrected chi connectivity index (χ2v) is 4.11. The van der Waals surface area contributed by atoms with E-state index in [4.69, 9.17) is 21.4 Å². The molecule has 0 radical (unpaired) electrons. The van der Waals surface area contributed by atoms with Gasteiger partial charge in [0.05, 0.1) is 5.02 Å². The number of aromatic nitrogens is 1. The Morgan fingerprint density at radius 2 is 2.21 bits per heavy atom. The molecular formula is C13H9ClFNO3. The average molecular weight is 282 g/mol. The third-order valence-electron chi connectivity index (χ3n) is 2.41. The molecule has 19 heavy (non-hydrogen) atoms. The number of halogens is 2. The Kier molecular flexibility index (Phi) is 3.97. The van der Waals surface area contributed by atoms with E-state index in [1.54, 1.807) is 6.07 Å². The summed E-state index contributed by atoms with van der Waals surface area (Å²) in [6.45, 7) is 0.0328. The molecule has 0 saturated heterocycles. The Balaban J connectivity index is 2.22. The number of carboxylic acid groups (broad SMARTS) is 1. The van der Waals surface area contributed by atoms with E-state index >= 15 is 0 Å². The van der Waals surface area contributed by atoms with Crippen LogP contribution in [-0.2, 0) is 6.61 Å². The number of benzene rings is 1. The molecule has 0 amide bonds. The summed E-state index contributed by atoms with van der Waals surface area (Å²) in [6, 6.07) is 4.89. The molecule has 1 N–H and O–H groups in total. The van der Waals surface area contributed by atoms with Gasteiger partial charge < -0.3 is 9.84 Å².